The lowest BCUT2D eigenvalue weighted by Crippen LogP contribution is -2.02. The quantitative estimate of drug-likeness (QED) is 0.580. The van der Waals surface area contributed by atoms with Crippen molar-refractivity contribution in [3.63, 3.8) is 0 Å². The fourth-order valence-corrected chi connectivity index (χ4v) is 2.83. The molecule has 5 nitrogen and oxygen atoms in total. The third kappa shape index (κ3) is 3.13. The molecule has 0 radical (unpaired) electrons. The van der Waals surface area contributed by atoms with Crippen LogP contribution in [0.15, 0.2) is 29.4 Å². The van der Waals surface area contributed by atoms with Gasteiger partial charge in [0.1, 0.15) is 5.75 Å². The normalized spacial score (nSPS) is 10.8. The molecule has 2 rings (SSSR count). The Morgan fingerprint density at radius 3 is 2.70 bits per heavy atom. The number of ether oxygens (including phenoxy) is 2. The van der Waals surface area contributed by atoms with Crippen LogP contribution in [0.1, 0.15) is 6.92 Å². The molecule has 2 aromatic rings. The Balaban J connectivity index is 2.32. The average molecular weight is 293 g/mol. The maximum Gasteiger partial charge on any atom is 0.191 e. The first-order valence-corrected chi connectivity index (χ1v) is 7.48. The van der Waals surface area contributed by atoms with E-state index in [0.29, 0.717) is 6.61 Å². The molecule has 1 aromatic carbocycles. The van der Waals surface area contributed by atoms with E-state index in [1.165, 1.54) is 0 Å². The Hall–Kier alpha value is -1.53. The van der Waals surface area contributed by atoms with Crippen LogP contribution in [0.5, 0.6) is 5.75 Å². The highest BCUT2D eigenvalue weighted by molar-refractivity contribution is 7.99. The molecular weight excluding hydrogens is 274 g/mol. The fourth-order valence-electron chi connectivity index (χ4n) is 1.93. The van der Waals surface area contributed by atoms with Crippen LogP contribution in [-0.4, -0.2) is 41.3 Å². The molecule has 0 aliphatic heterocycles. The molecule has 0 unspecified atom stereocenters. The van der Waals surface area contributed by atoms with Gasteiger partial charge in [-0.1, -0.05) is 23.9 Å². The van der Waals surface area contributed by atoms with E-state index in [1.807, 2.05) is 24.3 Å². The molecule has 20 heavy (non-hydrogen) atoms. The van der Waals surface area contributed by atoms with Crippen molar-refractivity contribution in [2.24, 2.45) is 0 Å². The van der Waals surface area contributed by atoms with Gasteiger partial charge in [-0.25, -0.2) is 0 Å². The number of aromatic nitrogens is 3. The Morgan fingerprint density at radius 2 is 2.00 bits per heavy atom. The van der Waals surface area contributed by atoms with E-state index in [2.05, 4.69) is 21.7 Å². The summed E-state index contributed by atoms with van der Waals surface area (Å²) in [4.78, 5) is 0. The molecule has 1 aromatic heterocycles. The van der Waals surface area contributed by atoms with E-state index in [0.717, 1.165) is 34.6 Å². The van der Waals surface area contributed by atoms with Crippen molar-refractivity contribution in [3.05, 3.63) is 24.3 Å². The largest absolute Gasteiger partial charge is 0.496 e. The number of nitrogens with zero attached hydrogens (tertiary/aromatic N) is 3. The third-order valence-electron chi connectivity index (χ3n) is 2.90. The van der Waals surface area contributed by atoms with Gasteiger partial charge >= 0.3 is 0 Å². The first-order chi connectivity index (χ1) is 9.81. The molecular formula is C14H19N3O2S. The van der Waals surface area contributed by atoms with Crippen molar-refractivity contribution in [1.29, 1.82) is 0 Å². The summed E-state index contributed by atoms with van der Waals surface area (Å²) >= 11 is 1.65. The van der Waals surface area contributed by atoms with E-state index in [-0.39, 0.29) is 0 Å². The lowest BCUT2D eigenvalue weighted by Gasteiger charge is -2.10. The molecule has 0 N–H and O–H groups in total. The molecule has 0 spiro atoms. The van der Waals surface area contributed by atoms with E-state index in [9.17, 15) is 0 Å². The minimum atomic E-state index is 0.700. The summed E-state index contributed by atoms with van der Waals surface area (Å²) in [5.41, 5.74) is 0.961. The van der Waals surface area contributed by atoms with Gasteiger partial charge in [0, 0.05) is 19.4 Å². The van der Waals surface area contributed by atoms with Crippen molar-refractivity contribution < 1.29 is 9.47 Å². The van der Waals surface area contributed by atoms with E-state index < -0.39 is 0 Å². The second-order valence-electron chi connectivity index (χ2n) is 4.09. The highest BCUT2D eigenvalue weighted by Gasteiger charge is 2.15. The number of methoxy groups -OCH3 is 2. The number of benzene rings is 1. The maximum absolute atomic E-state index is 5.40. The summed E-state index contributed by atoms with van der Waals surface area (Å²) < 4.78 is 12.6. The van der Waals surface area contributed by atoms with Crippen LogP contribution >= 0.6 is 11.8 Å². The molecule has 0 amide bonds. The molecule has 1 heterocycles. The summed E-state index contributed by atoms with van der Waals surface area (Å²) in [5.74, 6) is 2.51. The van der Waals surface area contributed by atoms with Crippen LogP contribution in [0.25, 0.3) is 11.4 Å². The Labute approximate surface area is 123 Å². The van der Waals surface area contributed by atoms with E-state index in [4.69, 9.17) is 9.47 Å². The van der Waals surface area contributed by atoms with Crippen molar-refractivity contribution in [3.8, 4) is 17.1 Å². The molecule has 6 heteroatoms. The number of hydrogen-bond donors (Lipinski definition) is 0. The summed E-state index contributed by atoms with van der Waals surface area (Å²) in [6, 6.07) is 7.86. The number of rotatable bonds is 7. The zero-order valence-electron chi connectivity index (χ0n) is 12.0. The highest BCUT2D eigenvalue weighted by atomic mass is 32.2. The van der Waals surface area contributed by atoms with Gasteiger partial charge in [0.25, 0.3) is 0 Å². The topological polar surface area (TPSA) is 49.2 Å². The van der Waals surface area contributed by atoms with Crippen molar-refractivity contribution in [2.75, 3.05) is 26.6 Å². The number of thioether (sulfide) groups is 1. The van der Waals surface area contributed by atoms with Crippen molar-refractivity contribution >= 4 is 11.8 Å². The first kappa shape index (κ1) is 14.9. The Morgan fingerprint density at radius 1 is 1.20 bits per heavy atom. The zero-order chi connectivity index (χ0) is 14.4. The zero-order valence-corrected chi connectivity index (χ0v) is 12.8. The average Bonchev–Trinajstić information content (AvgIpc) is 2.90. The summed E-state index contributed by atoms with van der Waals surface area (Å²) in [7, 11) is 3.37. The number of para-hydroxylation sites is 1. The fraction of sp³-hybridized carbons (Fsp3) is 0.429. The summed E-state index contributed by atoms with van der Waals surface area (Å²) in [5, 5.41) is 9.50. The monoisotopic (exact) mass is 293 g/mol. The van der Waals surface area contributed by atoms with Crippen LogP contribution in [-0.2, 0) is 11.3 Å². The van der Waals surface area contributed by atoms with Crippen LogP contribution < -0.4 is 4.74 Å². The van der Waals surface area contributed by atoms with Gasteiger partial charge < -0.3 is 14.0 Å². The van der Waals surface area contributed by atoms with Gasteiger partial charge in [0.15, 0.2) is 11.0 Å². The van der Waals surface area contributed by atoms with E-state index in [1.54, 1.807) is 26.0 Å². The number of hydrogen-bond acceptors (Lipinski definition) is 5. The Bertz CT molecular complexity index is 557. The van der Waals surface area contributed by atoms with Gasteiger partial charge in [-0.3, -0.25) is 0 Å². The minimum absolute atomic E-state index is 0.700. The van der Waals surface area contributed by atoms with Crippen LogP contribution in [0, 0.1) is 0 Å². The predicted octanol–water partition coefficient (Wildman–Crippen LogP) is 2.71. The van der Waals surface area contributed by atoms with Crippen molar-refractivity contribution in [2.45, 2.75) is 18.6 Å². The second kappa shape index (κ2) is 7.31. The second-order valence-corrected chi connectivity index (χ2v) is 5.15. The lowest BCUT2D eigenvalue weighted by molar-refractivity contribution is 0.218. The van der Waals surface area contributed by atoms with E-state index >= 15 is 0 Å². The highest BCUT2D eigenvalue weighted by Crippen LogP contribution is 2.30. The standard InChI is InChI=1S/C14H19N3O2S/c1-4-17-13(11-7-5-6-8-12(11)19-3)15-16-14(17)20-10-9-18-2/h5-8H,4,9-10H2,1-3H3. The van der Waals surface area contributed by atoms with Crippen LogP contribution in [0.3, 0.4) is 0 Å². The lowest BCUT2D eigenvalue weighted by atomic mass is 10.2. The van der Waals surface area contributed by atoms with Gasteiger partial charge in [-0.05, 0) is 19.1 Å². The first-order valence-electron chi connectivity index (χ1n) is 6.50. The Kier molecular flexibility index (Phi) is 5.43. The molecule has 0 saturated carbocycles. The molecule has 0 saturated heterocycles. The predicted molar refractivity (Wildman–Crippen MR) is 80.3 cm³/mol. The molecule has 0 bridgehead atoms. The van der Waals surface area contributed by atoms with Gasteiger partial charge in [-0.2, -0.15) is 0 Å². The molecule has 0 aliphatic carbocycles. The van der Waals surface area contributed by atoms with Gasteiger partial charge in [0.2, 0.25) is 0 Å². The van der Waals surface area contributed by atoms with Crippen LogP contribution in [0.2, 0.25) is 0 Å². The smallest absolute Gasteiger partial charge is 0.191 e. The molecule has 0 atom stereocenters. The van der Waals surface area contributed by atoms with Gasteiger partial charge in [0.05, 0.1) is 19.3 Å². The third-order valence-corrected chi connectivity index (χ3v) is 3.83. The molecule has 0 fully saturated rings. The summed E-state index contributed by atoms with van der Waals surface area (Å²) in [6.45, 7) is 3.60. The maximum atomic E-state index is 5.40. The van der Waals surface area contributed by atoms with Crippen LogP contribution in [0.4, 0.5) is 0 Å². The van der Waals surface area contributed by atoms with Gasteiger partial charge in [-0.15, -0.1) is 10.2 Å². The minimum Gasteiger partial charge on any atom is -0.496 e. The molecule has 0 aliphatic rings. The summed E-state index contributed by atoms with van der Waals surface area (Å²) in [6.07, 6.45) is 0. The van der Waals surface area contributed by atoms with Crippen molar-refractivity contribution in [1.82, 2.24) is 14.8 Å². The molecule has 108 valence electrons. The SMILES string of the molecule is CCn1c(SCCOC)nnc1-c1ccccc1OC.